The second-order valence-electron chi connectivity index (χ2n) is 3.98. The maximum atomic E-state index is 10.9. The number of amides is 1. The number of carbonyl (C=O) groups excluding carboxylic acids is 1. The monoisotopic (exact) mass is 241 g/mol. The summed E-state index contributed by atoms with van der Waals surface area (Å²) in [7, 11) is 0. The summed E-state index contributed by atoms with van der Waals surface area (Å²) < 4.78 is 0. The van der Waals surface area contributed by atoms with Crippen molar-refractivity contribution in [2.24, 2.45) is 5.73 Å². The van der Waals surface area contributed by atoms with Crippen molar-refractivity contribution < 1.29 is 4.79 Å². The number of allylic oxidation sites excluding steroid dienone is 5. The largest absolute Gasteiger partial charge is 0.370 e. The van der Waals surface area contributed by atoms with Gasteiger partial charge in [0.05, 0.1) is 0 Å². The van der Waals surface area contributed by atoms with Crippen molar-refractivity contribution in [3.05, 3.63) is 66.3 Å². The molecule has 0 aliphatic rings. The third-order valence-corrected chi connectivity index (χ3v) is 2.65. The molecule has 18 heavy (non-hydrogen) atoms. The number of primary amides is 1. The molecule has 0 radical (unpaired) electrons. The van der Waals surface area contributed by atoms with Crippen molar-refractivity contribution in [3.8, 4) is 0 Å². The average molecular weight is 241 g/mol. The van der Waals surface area contributed by atoms with Gasteiger partial charge < -0.3 is 5.73 Å². The van der Waals surface area contributed by atoms with Gasteiger partial charge in [-0.2, -0.15) is 0 Å². The lowest BCUT2D eigenvalue weighted by Crippen LogP contribution is -2.10. The Hall–Kier alpha value is -2.09. The zero-order valence-electron chi connectivity index (χ0n) is 10.7. The van der Waals surface area contributed by atoms with Crippen LogP contribution in [0.4, 0.5) is 0 Å². The standard InChI is InChI=1S/C16H19NO/c1-3-8-15(14-9-6-5-7-10-14)13(4-2)11-12-16(17)18/h3-10H,2,11-12H2,1H3,(H2,17,18)/b8-3-,15-13-. The van der Waals surface area contributed by atoms with E-state index < -0.39 is 0 Å². The second kappa shape index (κ2) is 7.28. The van der Waals surface area contributed by atoms with Crippen LogP contribution in [0.1, 0.15) is 25.3 Å². The molecule has 0 aliphatic carbocycles. The molecule has 0 aliphatic heterocycles. The summed E-state index contributed by atoms with van der Waals surface area (Å²) in [6.07, 6.45) is 6.78. The zero-order chi connectivity index (χ0) is 13.4. The van der Waals surface area contributed by atoms with Crippen LogP contribution >= 0.6 is 0 Å². The minimum Gasteiger partial charge on any atom is -0.370 e. The quantitative estimate of drug-likeness (QED) is 0.761. The minimum absolute atomic E-state index is 0.290. The van der Waals surface area contributed by atoms with Gasteiger partial charge in [0.15, 0.2) is 0 Å². The van der Waals surface area contributed by atoms with E-state index in [2.05, 4.69) is 6.58 Å². The van der Waals surface area contributed by atoms with Crippen molar-refractivity contribution >= 4 is 11.5 Å². The van der Waals surface area contributed by atoms with E-state index in [1.54, 1.807) is 6.08 Å². The highest BCUT2D eigenvalue weighted by molar-refractivity contribution is 5.80. The van der Waals surface area contributed by atoms with Crippen LogP contribution in [0.15, 0.2) is 60.7 Å². The molecule has 2 nitrogen and oxygen atoms in total. The molecule has 0 heterocycles. The molecular weight excluding hydrogens is 222 g/mol. The number of carbonyl (C=O) groups is 1. The molecule has 1 amide bonds. The van der Waals surface area contributed by atoms with E-state index >= 15 is 0 Å². The molecule has 2 N–H and O–H groups in total. The normalized spacial score (nSPS) is 12.3. The van der Waals surface area contributed by atoms with Crippen molar-refractivity contribution in [3.63, 3.8) is 0 Å². The van der Waals surface area contributed by atoms with E-state index in [-0.39, 0.29) is 5.91 Å². The molecule has 0 bridgehead atoms. The molecule has 0 fully saturated rings. The zero-order valence-corrected chi connectivity index (χ0v) is 10.7. The summed E-state index contributed by atoms with van der Waals surface area (Å²) in [4.78, 5) is 10.9. The van der Waals surface area contributed by atoms with Gasteiger partial charge in [0.2, 0.25) is 5.91 Å². The van der Waals surface area contributed by atoms with E-state index in [0.29, 0.717) is 12.8 Å². The first kappa shape index (κ1) is 14.0. The Bertz CT molecular complexity index is 469. The summed E-state index contributed by atoms with van der Waals surface area (Å²) in [6.45, 7) is 5.79. The molecule has 1 aromatic rings. The number of benzene rings is 1. The summed E-state index contributed by atoms with van der Waals surface area (Å²) in [5.41, 5.74) is 8.45. The Labute approximate surface area is 109 Å². The Morgan fingerprint density at radius 2 is 1.94 bits per heavy atom. The van der Waals surface area contributed by atoms with Crippen LogP contribution < -0.4 is 5.73 Å². The molecular formula is C16H19NO. The maximum Gasteiger partial charge on any atom is 0.217 e. The van der Waals surface area contributed by atoms with Crippen LogP contribution in [0.3, 0.4) is 0 Å². The SMILES string of the molecule is C=C/C(CCC(N)=O)=C(\C=C/C)c1ccccc1. The third-order valence-electron chi connectivity index (χ3n) is 2.65. The van der Waals surface area contributed by atoms with Gasteiger partial charge in [0.1, 0.15) is 0 Å². The lowest BCUT2D eigenvalue weighted by Gasteiger charge is -2.09. The topological polar surface area (TPSA) is 43.1 Å². The first-order valence-corrected chi connectivity index (χ1v) is 6.01. The first-order chi connectivity index (χ1) is 8.69. The molecule has 94 valence electrons. The van der Waals surface area contributed by atoms with Crippen molar-refractivity contribution in [2.75, 3.05) is 0 Å². The van der Waals surface area contributed by atoms with E-state index in [4.69, 9.17) is 5.73 Å². The molecule has 0 aromatic heterocycles. The third kappa shape index (κ3) is 4.06. The molecule has 1 aromatic carbocycles. The Kier molecular flexibility index (Phi) is 5.65. The number of hydrogen-bond donors (Lipinski definition) is 1. The highest BCUT2D eigenvalue weighted by Gasteiger charge is 2.05. The number of rotatable bonds is 6. The number of nitrogens with two attached hydrogens (primary N) is 1. The Morgan fingerprint density at radius 3 is 2.44 bits per heavy atom. The molecule has 0 atom stereocenters. The van der Waals surface area contributed by atoms with E-state index in [0.717, 1.165) is 16.7 Å². The van der Waals surface area contributed by atoms with Crippen molar-refractivity contribution in [1.29, 1.82) is 0 Å². The van der Waals surface area contributed by atoms with Gasteiger partial charge in [0.25, 0.3) is 0 Å². The maximum absolute atomic E-state index is 10.9. The molecule has 1 rings (SSSR count). The predicted octanol–water partition coefficient (Wildman–Crippen LogP) is 3.47. The van der Waals surface area contributed by atoms with E-state index in [9.17, 15) is 4.79 Å². The molecule has 0 saturated heterocycles. The minimum atomic E-state index is -0.290. The highest BCUT2D eigenvalue weighted by Crippen LogP contribution is 2.24. The fraction of sp³-hybridized carbons (Fsp3) is 0.188. The van der Waals surface area contributed by atoms with Gasteiger partial charge in [-0.05, 0) is 30.1 Å². The van der Waals surface area contributed by atoms with Crippen molar-refractivity contribution in [2.45, 2.75) is 19.8 Å². The van der Waals surface area contributed by atoms with Gasteiger partial charge >= 0.3 is 0 Å². The van der Waals surface area contributed by atoms with Crippen LogP contribution in [-0.4, -0.2) is 5.91 Å². The first-order valence-electron chi connectivity index (χ1n) is 6.01. The smallest absolute Gasteiger partial charge is 0.217 e. The second-order valence-corrected chi connectivity index (χ2v) is 3.98. The number of hydrogen-bond acceptors (Lipinski definition) is 1. The molecule has 0 unspecified atom stereocenters. The van der Waals surface area contributed by atoms with Crippen molar-refractivity contribution in [1.82, 2.24) is 0 Å². The summed E-state index contributed by atoms with van der Waals surface area (Å²) in [5, 5.41) is 0. The van der Waals surface area contributed by atoms with Crippen LogP contribution in [0.25, 0.3) is 5.57 Å². The van der Waals surface area contributed by atoms with Crippen LogP contribution in [0.5, 0.6) is 0 Å². The fourth-order valence-electron chi connectivity index (χ4n) is 1.78. The summed E-state index contributed by atoms with van der Waals surface area (Å²) >= 11 is 0. The molecule has 0 saturated carbocycles. The Balaban J connectivity index is 3.14. The van der Waals surface area contributed by atoms with Gasteiger partial charge in [-0.25, -0.2) is 0 Å². The van der Waals surface area contributed by atoms with Crippen LogP contribution in [-0.2, 0) is 4.79 Å². The lowest BCUT2D eigenvalue weighted by atomic mass is 9.96. The summed E-state index contributed by atoms with van der Waals surface area (Å²) in [5.74, 6) is -0.290. The molecule has 0 spiro atoms. The summed E-state index contributed by atoms with van der Waals surface area (Å²) in [6, 6.07) is 10.1. The van der Waals surface area contributed by atoms with Gasteiger partial charge in [-0.15, -0.1) is 0 Å². The highest BCUT2D eigenvalue weighted by atomic mass is 16.1. The fourth-order valence-corrected chi connectivity index (χ4v) is 1.78. The average Bonchev–Trinajstić information content (AvgIpc) is 2.39. The van der Waals surface area contributed by atoms with Crippen LogP contribution in [0.2, 0.25) is 0 Å². The predicted molar refractivity (Wildman–Crippen MR) is 76.8 cm³/mol. The van der Waals surface area contributed by atoms with Gasteiger partial charge in [0, 0.05) is 6.42 Å². The van der Waals surface area contributed by atoms with E-state index in [1.807, 2.05) is 49.4 Å². The van der Waals surface area contributed by atoms with Gasteiger partial charge in [-0.3, -0.25) is 4.79 Å². The van der Waals surface area contributed by atoms with Crippen LogP contribution in [0, 0.1) is 0 Å². The Morgan fingerprint density at radius 1 is 1.28 bits per heavy atom. The van der Waals surface area contributed by atoms with E-state index in [1.165, 1.54) is 0 Å². The molecule has 2 heteroatoms. The lowest BCUT2D eigenvalue weighted by molar-refractivity contribution is -0.117. The van der Waals surface area contributed by atoms with Gasteiger partial charge in [-0.1, -0.05) is 55.1 Å².